The first-order chi connectivity index (χ1) is 7.27. The molecule has 3 nitrogen and oxygen atoms in total. The molecule has 80 valence electrons. The lowest BCUT2D eigenvalue weighted by Gasteiger charge is -2.03. The maximum atomic E-state index is 5.00. The standard InChI is InChI=1S/C10H13N3S2/c1-3-8(12-13-10(14)15-2)9-6-4-5-7-11-9/h4-7H,3H2,1-2H3,(H,13,14)/b12-8-. The summed E-state index contributed by atoms with van der Waals surface area (Å²) in [5.41, 5.74) is 4.62. The van der Waals surface area contributed by atoms with Crippen LogP contribution in [0.15, 0.2) is 29.5 Å². The molecule has 1 aromatic rings. The number of hydrogen-bond donors (Lipinski definition) is 1. The topological polar surface area (TPSA) is 37.3 Å². The highest BCUT2D eigenvalue weighted by Gasteiger charge is 2.01. The van der Waals surface area contributed by atoms with E-state index in [1.165, 1.54) is 11.8 Å². The number of thiocarbonyl (C=S) groups is 1. The Kier molecular flexibility index (Phi) is 5.28. The van der Waals surface area contributed by atoms with Crippen LogP contribution >= 0.6 is 24.0 Å². The van der Waals surface area contributed by atoms with E-state index in [2.05, 4.69) is 15.5 Å². The summed E-state index contributed by atoms with van der Waals surface area (Å²) in [7, 11) is 0. The Labute approximate surface area is 99.4 Å². The molecule has 1 heterocycles. The summed E-state index contributed by atoms with van der Waals surface area (Å²) in [5, 5.41) is 4.23. The average Bonchev–Trinajstić information content (AvgIpc) is 2.31. The van der Waals surface area contributed by atoms with Gasteiger partial charge in [-0.2, -0.15) is 5.10 Å². The van der Waals surface area contributed by atoms with E-state index >= 15 is 0 Å². The molecule has 0 bridgehead atoms. The molecule has 0 saturated carbocycles. The molecule has 0 aliphatic rings. The Hall–Kier alpha value is -0.940. The zero-order valence-electron chi connectivity index (χ0n) is 8.73. The van der Waals surface area contributed by atoms with Gasteiger partial charge in [-0.15, -0.1) is 0 Å². The van der Waals surface area contributed by atoms with Crippen molar-refractivity contribution in [3.05, 3.63) is 30.1 Å². The van der Waals surface area contributed by atoms with Gasteiger partial charge in [-0.1, -0.05) is 37.0 Å². The molecule has 0 saturated heterocycles. The number of aromatic nitrogens is 1. The quantitative estimate of drug-likeness (QED) is 0.499. The van der Waals surface area contributed by atoms with Crippen molar-refractivity contribution >= 4 is 34.0 Å². The summed E-state index contributed by atoms with van der Waals surface area (Å²) in [5.74, 6) is 0. The molecule has 5 heteroatoms. The van der Waals surface area contributed by atoms with E-state index in [0.29, 0.717) is 4.32 Å². The molecular formula is C10H13N3S2. The van der Waals surface area contributed by atoms with Crippen LogP contribution in [0.1, 0.15) is 19.0 Å². The van der Waals surface area contributed by atoms with Crippen LogP contribution in [-0.4, -0.2) is 21.3 Å². The minimum atomic E-state index is 0.664. The molecule has 0 aliphatic carbocycles. The fourth-order valence-electron chi connectivity index (χ4n) is 1.01. The summed E-state index contributed by atoms with van der Waals surface area (Å²) in [4.78, 5) is 4.23. The van der Waals surface area contributed by atoms with Crippen LogP contribution in [0.3, 0.4) is 0 Å². The van der Waals surface area contributed by atoms with E-state index in [4.69, 9.17) is 12.2 Å². The van der Waals surface area contributed by atoms with Gasteiger partial charge in [-0.25, -0.2) is 0 Å². The van der Waals surface area contributed by atoms with Gasteiger partial charge < -0.3 is 0 Å². The van der Waals surface area contributed by atoms with Crippen LogP contribution < -0.4 is 5.43 Å². The van der Waals surface area contributed by atoms with E-state index in [1.54, 1.807) is 6.20 Å². The van der Waals surface area contributed by atoms with Gasteiger partial charge in [0.15, 0.2) is 4.32 Å². The van der Waals surface area contributed by atoms with Crippen molar-refractivity contribution < 1.29 is 0 Å². The smallest absolute Gasteiger partial charge is 0.153 e. The normalized spacial score (nSPS) is 11.2. The SMILES string of the molecule is CC/C(=N/NC(=S)SC)c1ccccn1. The first-order valence-corrected chi connectivity index (χ1v) is 6.23. The molecule has 15 heavy (non-hydrogen) atoms. The van der Waals surface area contributed by atoms with Crippen molar-refractivity contribution in [1.82, 2.24) is 10.4 Å². The van der Waals surface area contributed by atoms with Gasteiger partial charge in [-0.3, -0.25) is 10.4 Å². The second kappa shape index (κ2) is 6.53. The zero-order valence-corrected chi connectivity index (χ0v) is 10.4. The van der Waals surface area contributed by atoms with Crippen molar-refractivity contribution in [2.45, 2.75) is 13.3 Å². The van der Waals surface area contributed by atoms with E-state index in [9.17, 15) is 0 Å². The Morgan fingerprint density at radius 3 is 2.93 bits per heavy atom. The number of hydrogen-bond acceptors (Lipinski definition) is 4. The summed E-state index contributed by atoms with van der Waals surface area (Å²) in [6.07, 6.45) is 4.49. The largest absolute Gasteiger partial charge is 0.262 e. The fourth-order valence-corrected chi connectivity index (χ4v) is 1.19. The number of pyridine rings is 1. The Morgan fingerprint density at radius 1 is 1.60 bits per heavy atom. The maximum absolute atomic E-state index is 5.00. The molecule has 0 amide bonds. The minimum Gasteiger partial charge on any atom is -0.262 e. The number of thioether (sulfide) groups is 1. The summed E-state index contributed by atoms with van der Waals surface area (Å²) in [6, 6.07) is 5.77. The van der Waals surface area contributed by atoms with Crippen molar-refractivity contribution in [3.8, 4) is 0 Å². The fraction of sp³-hybridized carbons (Fsp3) is 0.300. The van der Waals surface area contributed by atoms with E-state index in [0.717, 1.165) is 17.8 Å². The number of hydrazone groups is 1. The van der Waals surface area contributed by atoms with Gasteiger partial charge in [-0.05, 0) is 24.8 Å². The third-order valence-corrected chi connectivity index (χ3v) is 2.82. The van der Waals surface area contributed by atoms with Crippen LogP contribution in [0, 0.1) is 0 Å². The van der Waals surface area contributed by atoms with Crippen molar-refractivity contribution in [2.24, 2.45) is 5.10 Å². The lowest BCUT2D eigenvalue weighted by Crippen LogP contribution is -2.15. The highest BCUT2D eigenvalue weighted by molar-refractivity contribution is 8.22. The summed E-state index contributed by atoms with van der Waals surface area (Å²) in [6.45, 7) is 2.04. The maximum Gasteiger partial charge on any atom is 0.153 e. The Morgan fingerprint density at radius 2 is 2.40 bits per heavy atom. The molecule has 0 unspecified atom stereocenters. The Bertz CT molecular complexity index is 349. The molecule has 0 spiro atoms. The molecule has 1 aromatic heterocycles. The Balaban J connectivity index is 2.76. The molecule has 0 fully saturated rings. The molecule has 0 radical (unpaired) electrons. The van der Waals surface area contributed by atoms with Gasteiger partial charge in [0.05, 0.1) is 11.4 Å². The van der Waals surface area contributed by atoms with Crippen molar-refractivity contribution in [3.63, 3.8) is 0 Å². The van der Waals surface area contributed by atoms with Crippen molar-refractivity contribution in [2.75, 3.05) is 6.26 Å². The third-order valence-electron chi connectivity index (χ3n) is 1.76. The third kappa shape index (κ3) is 3.97. The molecule has 1 N–H and O–H groups in total. The van der Waals surface area contributed by atoms with Gasteiger partial charge in [0.2, 0.25) is 0 Å². The molecule has 0 aromatic carbocycles. The summed E-state index contributed by atoms with van der Waals surface area (Å²) < 4.78 is 0.664. The number of rotatable bonds is 3. The first kappa shape index (κ1) is 12.1. The predicted octanol–water partition coefficient (Wildman–Crippen LogP) is 2.43. The van der Waals surface area contributed by atoms with Crippen LogP contribution in [-0.2, 0) is 0 Å². The van der Waals surface area contributed by atoms with E-state index in [-0.39, 0.29) is 0 Å². The minimum absolute atomic E-state index is 0.664. The van der Waals surface area contributed by atoms with Gasteiger partial charge in [0.25, 0.3) is 0 Å². The average molecular weight is 239 g/mol. The molecule has 0 atom stereocenters. The van der Waals surface area contributed by atoms with Gasteiger partial charge in [0.1, 0.15) is 0 Å². The van der Waals surface area contributed by atoms with Crippen molar-refractivity contribution in [1.29, 1.82) is 0 Å². The second-order valence-electron chi connectivity index (χ2n) is 2.73. The number of nitrogens with one attached hydrogen (secondary N) is 1. The molecule has 1 rings (SSSR count). The van der Waals surface area contributed by atoms with E-state index in [1.807, 2.05) is 31.4 Å². The highest BCUT2D eigenvalue weighted by Crippen LogP contribution is 2.01. The monoisotopic (exact) mass is 239 g/mol. The van der Waals surface area contributed by atoms with Crippen LogP contribution in [0.5, 0.6) is 0 Å². The lowest BCUT2D eigenvalue weighted by molar-refractivity contribution is 1.03. The zero-order chi connectivity index (χ0) is 11.1. The van der Waals surface area contributed by atoms with Crippen LogP contribution in [0.2, 0.25) is 0 Å². The first-order valence-electron chi connectivity index (χ1n) is 4.59. The molecule has 0 aliphatic heterocycles. The summed E-state index contributed by atoms with van der Waals surface area (Å²) >= 11 is 6.46. The van der Waals surface area contributed by atoms with Crippen LogP contribution in [0.4, 0.5) is 0 Å². The molecular weight excluding hydrogens is 226 g/mol. The van der Waals surface area contributed by atoms with Gasteiger partial charge in [0, 0.05) is 6.20 Å². The predicted molar refractivity (Wildman–Crippen MR) is 70.3 cm³/mol. The highest BCUT2D eigenvalue weighted by atomic mass is 32.2. The second-order valence-corrected chi connectivity index (χ2v) is 4.21. The van der Waals surface area contributed by atoms with Gasteiger partial charge >= 0.3 is 0 Å². The lowest BCUT2D eigenvalue weighted by atomic mass is 10.2. The van der Waals surface area contributed by atoms with Crippen LogP contribution in [0.25, 0.3) is 0 Å². The van der Waals surface area contributed by atoms with E-state index < -0.39 is 0 Å². The number of nitrogens with zero attached hydrogens (tertiary/aromatic N) is 2.